The number of fused-ring (bicyclic) bond motifs is 3. The van der Waals surface area contributed by atoms with Crippen molar-refractivity contribution in [2.45, 2.75) is 45.1 Å². The summed E-state index contributed by atoms with van der Waals surface area (Å²) in [5, 5.41) is 6.90. The van der Waals surface area contributed by atoms with E-state index in [0.29, 0.717) is 6.54 Å². The zero-order valence-corrected chi connectivity index (χ0v) is 18.2. The van der Waals surface area contributed by atoms with Crippen molar-refractivity contribution in [1.82, 2.24) is 10.6 Å². The zero-order chi connectivity index (χ0) is 17.2. The summed E-state index contributed by atoms with van der Waals surface area (Å²) in [5.41, 5.74) is 2.92. The van der Waals surface area contributed by atoms with Gasteiger partial charge >= 0.3 is 0 Å². The summed E-state index contributed by atoms with van der Waals surface area (Å²) in [7, 11) is 1.74. The number of halogens is 1. The molecule has 1 aromatic rings. The number of hydrogen-bond acceptors (Lipinski definition) is 2. The third kappa shape index (κ3) is 4.88. The van der Waals surface area contributed by atoms with E-state index in [9.17, 15) is 0 Å². The molecule has 3 unspecified atom stereocenters. The van der Waals surface area contributed by atoms with Crippen LogP contribution in [0.25, 0.3) is 0 Å². The maximum Gasteiger partial charge on any atom is 0.191 e. The molecule has 0 heterocycles. The third-order valence-corrected chi connectivity index (χ3v) is 5.51. The van der Waals surface area contributed by atoms with Gasteiger partial charge < -0.3 is 15.4 Å². The first-order valence-electron chi connectivity index (χ1n) is 9.21. The van der Waals surface area contributed by atoms with Crippen LogP contribution in [0.2, 0.25) is 0 Å². The van der Waals surface area contributed by atoms with Crippen LogP contribution in [0.3, 0.4) is 0 Å². The fourth-order valence-electron chi connectivity index (χ4n) is 3.88. The lowest BCUT2D eigenvalue weighted by Gasteiger charge is -2.21. The Balaban J connectivity index is 0.00000225. The molecule has 0 radical (unpaired) electrons. The average molecular weight is 457 g/mol. The molecule has 0 amide bonds. The van der Waals surface area contributed by atoms with E-state index in [-0.39, 0.29) is 29.6 Å². The summed E-state index contributed by atoms with van der Waals surface area (Å²) in [4.78, 5) is 4.69. The molecule has 140 valence electrons. The molecule has 0 bridgehead atoms. The minimum absolute atomic E-state index is 0. The Morgan fingerprint density at radius 2 is 2.04 bits per heavy atom. The second-order valence-electron chi connectivity index (χ2n) is 7.63. The van der Waals surface area contributed by atoms with Gasteiger partial charge in [0.2, 0.25) is 0 Å². The van der Waals surface area contributed by atoms with E-state index >= 15 is 0 Å². The molecule has 0 saturated heterocycles. The molecule has 0 aliphatic heterocycles. The number of nitrogens with one attached hydrogen (secondary N) is 2. The molecule has 3 atom stereocenters. The molecule has 2 N–H and O–H groups in total. The Morgan fingerprint density at radius 3 is 2.76 bits per heavy atom. The highest BCUT2D eigenvalue weighted by molar-refractivity contribution is 14.0. The van der Waals surface area contributed by atoms with Gasteiger partial charge in [0.05, 0.1) is 12.1 Å². The van der Waals surface area contributed by atoms with E-state index in [4.69, 9.17) is 4.74 Å². The van der Waals surface area contributed by atoms with Crippen LogP contribution in [-0.2, 0) is 11.2 Å². The van der Waals surface area contributed by atoms with E-state index in [1.54, 1.807) is 18.2 Å². The predicted octanol–water partition coefficient (Wildman–Crippen LogP) is 3.56. The fourth-order valence-corrected chi connectivity index (χ4v) is 3.88. The van der Waals surface area contributed by atoms with E-state index < -0.39 is 0 Å². The van der Waals surface area contributed by atoms with Gasteiger partial charge in [0.1, 0.15) is 0 Å². The van der Waals surface area contributed by atoms with Gasteiger partial charge in [0.25, 0.3) is 0 Å². The first-order valence-corrected chi connectivity index (χ1v) is 9.21. The molecule has 4 nitrogen and oxygen atoms in total. The van der Waals surface area contributed by atoms with E-state index in [1.807, 2.05) is 0 Å². The largest absolute Gasteiger partial charge is 0.377 e. The van der Waals surface area contributed by atoms with Crippen molar-refractivity contribution in [3.63, 3.8) is 0 Å². The number of ether oxygens (including phenoxy) is 1. The van der Waals surface area contributed by atoms with Crippen LogP contribution in [0.4, 0.5) is 0 Å². The van der Waals surface area contributed by atoms with Crippen molar-refractivity contribution >= 4 is 29.9 Å². The lowest BCUT2D eigenvalue weighted by atomic mass is 9.92. The van der Waals surface area contributed by atoms with E-state index in [1.165, 1.54) is 12.8 Å². The molecule has 1 aromatic carbocycles. The van der Waals surface area contributed by atoms with Gasteiger partial charge in [-0.2, -0.15) is 0 Å². The predicted molar refractivity (Wildman–Crippen MR) is 115 cm³/mol. The summed E-state index contributed by atoms with van der Waals surface area (Å²) < 4.78 is 5.46. The van der Waals surface area contributed by atoms with E-state index in [2.05, 4.69) is 60.7 Å². The Hall–Kier alpha value is -0.820. The van der Waals surface area contributed by atoms with Crippen molar-refractivity contribution in [3.05, 3.63) is 35.4 Å². The molecule has 25 heavy (non-hydrogen) atoms. The maximum atomic E-state index is 5.46. The third-order valence-electron chi connectivity index (χ3n) is 5.51. The Morgan fingerprint density at radius 1 is 1.28 bits per heavy atom. The topological polar surface area (TPSA) is 45.7 Å². The first-order chi connectivity index (χ1) is 11.6. The molecule has 2 aliphatic carbocycles. The monoisotopic (exact) mass is 457 g/mol. The number of rotatable bonds is 6. The normalized spacial score (nSPS) is 24.6. The van der Waals surface area contributed by atoms with Crippen molar-refractivity contribution in [1.29, 1.82) is 0 Å². The highest BCUT2D eigenvalue weighted by Crippen LogP contribution is 2.59. The lowest BCUT2D eigenvalue weighted by Crippen LogP contribution is -2.40. The minimum atomic E-state index is -0.227. The fraction of sp³-hybridized carbons (Fsp3) is 0.650. The molecular formula is C20H32IN3O. The number of hydrogen-bond donors (Lipinski definition) is 2. The van der Waals surface area contributed by atoms with Crippen molar-refractivity contribution in [2.24, 2.45) is 16.8 Å². The van der Waals surface area contributed by atoms with Crippen molar-refractivity contribution in [3.8, 4) is 0 Å². The highest BCUT2D eigenvalue weighted by Gasteiger charge is 2.52. The minimum Gasteiger partial charge on any atom is -0.377 e. The number of guanidine groups is 1. The van der Waals surface area contributed by atoms with Crippen LogP contribution in [0.5, 0.6) is 0 Å². The van der Waals surface area contributed by atoms with Gasteiger partial charge in [-0.05, 0) is 62.5 Å². The molecule has 0 aromatic heterocycles. The molecule has 3 rings (SSSR count). The average Bonchev–Trinajstić information content (AvgIpc) is 3.31. The Labute approximate surface area is 169 Å². The molecular weight excluding hydrogens is 425 g/mol. The SMILES string of the molecule is CCNC(=NCC(C)(C)OC)NCC1C2CCc3ccccc3C21.I. The summed E-state index contributed by atoms with van der Waals surface area (Å²) >= 11 is 0. The lowest BCUT2D eigenvalue weighted by molar-refractivity contribution is 0.0310. The van der Waals surface area contributed by atoms with Crippen molar-refractivity contribution < 1.29 is 4.74 Å². The van der Waals surface area contributed by atoms with Crippen LogP contribution in [0.1, 0.15) is 44.2 Å². The van der Waals surface area contributed by atoms with Crippen LogP contribution < -0.4 is 10.6 Å². The van der Waals surface area contributed by atoms with Gasteiger partial charge in [-0.3, -0.25) is 4.99 Å². The molecule has 1 saturated carbocycles. The molecule has 2 aliphatic rings. The van der Waals surface area contributed by atoms with Crippen LogP contribution in [0.15, 0.2) is 29.3 Å². The van der Waals surface area contributed by atoms with E-state index in [0.717, 1.165) is 36.8 Å². The molecule has 5 heteroatoms. The summed E-state index contributed by atoms with van der Waals surface area (Å²) in [6.45, 7) is 8.76. The Kier molecular flexibility index (Phi) is 7.14. The van der Waals surface area contributed by atoms with Gasteiger partial charge in [0, 0.05) is 20.2 Å². The van der Waals surface area contributed by atoms with Gasteiger partial charge in [-0.25, -0.2) is 0 Å². The highest BCUT2D eigenvalue weighted by atomic mass is 127. The number of aliphatic imine (C=N–C) groups is 1. The maximum absolute atomic E-state index is 5.46. The van der Waals surface area contributed by atoms with Crippen LogP contribution in [0, 0.1) is 11.8 Å². The Bertz CT molecular complexity index is 602. The first kappa shape index (κ1) is 20.5. The second kappa shape index (κ2) is 8.71. The standard InChI is InChI=1S/C20H31N3O.HI/c1-5-21-19(23-13-20(2,3)24-4)22-12-17-16-11-10-14-8-6-7-9-15(14)18(16)17;/h6-9,16-18H,5,10-13H2,1-4H3,(H2,21,22,23);1H. The number of aryl methyl sites for hydroxylation is 1. The molecule has 1 fully saturated rings. The smallest absolute Gasteiger partial charge is 0.191 e. The number of benzene rings is 1. The van der Waals surface area contributed by atoms with Gasteiger partial charge in [-0.15, -0.1) is 24.0 Å². The van der Waals surface area contributed by atoms with Gasteiger partial charge in [-0.1, -0.05) is 24.3 Å². The summed E-state index contributed by atoms with van der Waals surface area (Å²) in [6, 6.07) is 8.98. The number of methoxy groups -OCH3 is 1. The second-order valence-corrected chi connectivity index (χ2v) is 7.63. The van der Waals surface area contributed by atoms with Crippen molar-refractivity contribution in [2.75, 3.05) is 26.7 Å². The molecule has 0 spiro atoms. The summed E-state index contributed by atoms with van der Waals surface area (Å²) in [6.07, 6.45) is 2.57. The zero-order valence-electron chi connectivity index (χ0n) is 15.8. The number of nitrogens with zero attached hydrogens (tertiary/aromatic N) is 1. The summed E-state index contributed by atoms with van der Waals surface area (Å²) in [5.74, 6) is 3.25. The van der Waals surface area contributed by atoms with Crippen LogP contribution in [-0.4, -0.2) is 38.3 Å². The van der Waals surface area contributed by atoms with Gasteiger partial charge in [0.15, 0.2) is 5.96 Å². The quantitative estimate of drug-likeness (QED) is 0.390. The van der Waals surface area contributed by atoms with Crippen LogP contribution >= 0.6 is 24.0 Å².